The van der Waals surface area contributed by atoms with Gasteiger partial charge in [-0.3, -0.25) is 0 Å². The predicted octanol–water partition coefficient (Wildman–Crippen LogP) is 7.25. The lowest BCUT2D eigenvalue weighted by molar-refractivity contribution is 1.77. The fourth-order valence-corrected chi connectivity index (χ4v) is 4.32. The van der Waals surface area contributed by atoms with Crippen LogP contribution in [0.15, 0.2) is 91.0 Å². The zero-order valence-corrected chi connectivity index (χ0v) is 14.2. The molecule has 0 nitrogen and oxygen atoms in total. The summed E-state index contributed by atoms with van der Waals surface area (Å²) in [5.74, 6) is 0. The lowest BCUT2D eigenvalue weighted by atomic mass is 9.92. The maximum atomic E-state index is 3.42. The highest BCUT2D eigenvalue weighted by atomic mass is 14.1. The summed E-state index contributed by atoms with van der Waals surface area (Å²) in [7, 11) is 0. The lowest BCUT2D eigenvalue weighted by Gasteiger charge is -2.11. The Balaban J connectivity index is 1.88. The smallest absolute Gasteiger partial charge is 0.00262 e. The molecule has 0 unspecified atom stereocenters. The van der Waals surface area contributed by atoms with Crippen LogP contribution in [0.3, 0.4) is 0 Å². The van der Waals surface area contributed by atoms with Gasteiger partial charge in [-0.2, -0.15) is 0 Å². The summed E-state index contributed by atoms with van der Waals surface area (Å²) in [5, 5.41) is 12.9. The molecule has 0 saturated carbocycles. The SMILES string of the molecule is [c]1cc2ccc3c4ccc5ccccc5c4ccc3c2c2ccccc12. The van der Waals surface area contributed by atoms with Gasteiger partial charge in [0.05, 0.1) is 0 Å². The predicted molar refractivity (Wildman–Crippen MR) is 113 cm³/mol. The van der Waals surface area contributed by atoms with E-state index >= 15 is 0 Å². The first-order valence-electron chi connectivity index (χ1n) is 8.96. The molecule has 0 amide bonds. The molecule has 6 rings (SSSR count). The van der Waals surface area contributed by atoms with Gasteiger partial charge in [-0.25, -0.2) is 0 Å². The van der Waals surface area contributed by atoms with Gasteiger partial charge in [0.15, 0.2) is 0 Å². The van der Waals surface area contributed by atoms with Crippen LogP contribution in [0.4, 0.5) is 0 Å². The van der Waals surface area contributed by atoms with Crippen LogP contribution in [-0.4, -0.2) is 0 Å². The fourth-order valence-electron chi connectivity index (χ4n) is 4.32. The van der Waals surface area contributed by atoms with Crippen LogP contribution >= 0.6 is 0 Å². The third kappa shape index (κ3) is 1.79. The van der Waals surface area contributed by atoms with Gasteiger partial charge in [0.25, 0.3) is 0 Å². The molecule has 6 aromatic rings. The summed E-state index contributed by atoms with van der Waals surface area (Å²) in [4.78, 5) is 0. The first-order chi connectivity index (χ1) is 12.9. The van der Waals surface area contributed by atoms with Crippen molar-refractivity contribution >= 4 is 53.9 Å². The zero-order chi connectivity index (χ0) is 17.1. The summed E-state index contributed by atoms with van der Waals surface area (Å²) in [5.41, 5.74) is 0. The second kappa shape index (κ2) is 5.06. The van der Waals surface area contributed by atoms with Gasteiger partial charge in [-0.1, -0.05) is 84.9 Å². The van der Waals surface area contributed by atoms with E-state index in [9.17, 15) is 0 Å². The van der Waals surface area contributed by atoms with E-state index in [1.54, 1.807) is 0 Å². The molecule has 0 saturated heterocycles. The normalized spacial score (nSPS) is 11.8. The van der Waals surface area contributed by atoms with Crippen molar-refractivity contribution in [3.8, 4) is 0 Å². The topological polar surface area (TPSA) is 0 Å². The molecule has 0 aliphatic carbocycles. The molecule has 0 spiro atoms. The van der Waals surface area contributed by atoms with E-state index < -0.39 is 0 Å². The Hall–Kier alpha value is -3.38. The number of benzene rings is 6. The first kappa shape index (κ1) is 13.9. The van der Waals surface area contributed by atoms with E-state index in [-0.39, 0.29) is 0 Å². The molecule has 0 aliphatic heterocycles. The Bertz CT molecular complexity index is 1470. The standard InChI is InChI=1S/C26H15/c1-3-7-20-17(5-1)11-13-23-22(20)15-16-25-24(23)14-12-19-10-9-18-6-2-4-8-21(18)26(19)25/h1-8,10-16H. The van der Waals surface area contributed by atoms with E-state index in [1.807, 2.05) is 0 Å². The highest BCUT2D eigenvalue weighted by Gasteiger charge is 2.09. The maximum Gasteiger partial charge on any atom is -0.00262 e. The van der Waals surface area contributed by atoms with Crippen molar-refractivity contribution in [1.82, 2.24) is 0 Å². The van der Waals surface area contributed by atoms with Gasteiger partial charge in [-0.05, 0) is 66.0 Å². The van der Waals surface area contributed by atoms with Crippen LogP contribution in [0, 0.1) is 6.07 Å². The van der Waals surface area contributed by atoms with Crippen molar-refractivity contribution in [1.29, 1.82) is 0 Å². The molecule has 0 bridgehead atoms. The maximum absolute atomic E-state index is 3.42. The zero-order valence-electron chi connectivity index (χ0n) is 14.2. The Kier molecular flexibility index (Phi) is 2.70. The average molecular weight is 327 g/mol. The molecule has 0 N–H and O–H groups in total. The molecule has 0 aliphatic rings. The van der Waals surface area contributed by atoms with Crippen LogP contribution in [0.5, 0.6) is 0 Å². The Morgan fingerprint density at radius 3 is 1.96 bits per heavy atom. The van der Waals surface area contributed by atoms with Crippen LogP contribution in [0.2, 0.25) is 0 Å². The van der Waals surface area contributed by atoms with Gasteiger partial charge in [0.1, 0.15) is 0 Å². The Morgan fingerprint density at radius 2 is 1.04 bits per heavy atom. The van der Waals surface area contributed by atoms with Gasteiger partial charge < -0.3 is 0 Å². The van der Waals surface area contributed by atoms with Crippen LogP contribution in [0.1, 0.15) is 0 Å². The largest absolute Gasteiger partial charge is 0.0616 e. The summed E-state index contributed by atoms with van der Waals surface area (Å²) in [6.45, 7) is 0. The van der Waals surface area contributed by atoms with E-state index in [0.29, 0.717) is 0 Å². The van der Waals surface area contributed by atoms with Crippen LogP contribution in [-0.2, 0) is 0 Å². The quantitative estimate of drug-likeness (QED) is 0.258. The van der Waals surface area contributed by atoms with Gasteiger partial charge in [0.2, 0.25) is 0 Å². The summed E-state index contributed by atoms with van der Waals surface area (Å²) < 4.78 is 0. The minimum Gasteiger partial charge on any atom is -0.0616 e. The third-order valence-corrected chi connectivity index (χ3v) is 5.53. The van der Waals surface area contributed by atoms with Gasteiger partial charge >= 0.3 is 0 Å². The molecular weight excluding hydrogens is 312 g/mol. The molecule has 0 heterocycles. The highest BCUT2D eigenvalue weighted by molar-refractivity contribution is 6.26. The average Bonchev–Trinajstić information content (AvgIpc) is 2.72. The van der Waals surface area contributed by atoms with Crippen molar-refractivity contribution in [3.05, 3.63) is 97.1 Å². The summed E-state index contributed by atoms with van der Waals surface area (Å²) in [6.07, 6.45) is 0. The summed E-state index contributed by atoms with van der Waals surface area (Å²) >= 11 is 0. The number of hydrogen-bond donors (Lipinski definition) is 0. The molecule has 6 aromatic carbocycles. The van der Waals surface area contributed by atoms with Gasteiger partial charge in [0, 0.05) is 0 Å². The van der Waals surface area contributed by atoms with Crippen molar-refractivity contribution in [2.45, 2.75) is 0 Å². The van der Waals surface area contributed by atoms with Crippen LogP contribution in [0.25, 0.3) is 53.9 Å². The van der Waals surface area contributed by atoms with E-state index in [4.69, 9.17) is 0 Å². The Labute approximate surface area is 151 Å². The second-order valence-corrected chi connectivity index (χ2v) is 6.91. The van der Waals surface area contributed by atoms with Crippen LogP contribution < -0.4 is 0 Å². The molecule has 119 valence electrons. The lowest BCUT2D eigenvalue weighted by Crippen LogP contribution is -1.84. The minimum absolute atomic E-state index is 1.17. The molecule has 0 atom stereocenters. The number of hydrogen-bond acceptors (Lipinski definition) is 0. The van der Waals surface area contributed by atoms with Crippen molar-refractivity contribution in [3.63, 3.8) is 0 Å². The molecule has 0 heteroatoms. The monoisotopic (exact) mass is 327 g/mol. The molecule has 26 heavy (non-hydrogen) atoms. The molecular formula is C26H15. The van der Waals surface area contributed by atoms with Crippen molar-refractivity contribution < 1.29 is 0 Å². The highest BCUT2D eigenvalue weighted by Crippen LogP contribution is 2.37. The third-order valence-electron chi connectivity index (χ3n) is 5.53. The number of rotatable bonds is 0. The van der Waals surface area contributed by atoms with E-state index in [0.717, 1.165) is 0 Å². The molecule has 0 fully saturated rings. The van der Waals surface area contributed by atoms with Crippen molar-refractivity contribution in [2.75, 3.05) is 0 Å². The first-order valence-corrected chi connectivity index (χ1v) is 8.96. The van der Waals surface area contributed by atoms with E-state index in [1.165, 1.54) is 53.9 Å². The van der Waals surface area contributed by atoms with Crippen molar-refractivity contribution in [2.24, 2.45) is 0 Å². The second-order valence-electron chi connectivity index (χ2n) is 6.91. The molecule has 0 aromatic heterocycles. The van der Waals surface area contributed by atoms with Gasteiger partial charge in [-0.15, -0.1) is 0 Å². The number of fused-ring (bicyclic) bond motifs is 9. The van der Waals surface area contributed by atoms with E-state index in [2.05, 4.69) is 97.1 Å². The Morgan fingerprint density at radius 1 is 0.423 bits per heavy atom. The fraction of sp³-hybridized carbons (Fsp3) is 0. The molecule has 1 radical (unpaired) electrons. The minimum atomic E-state index is 1.17. The summed E-state index contributed by atoms with van der Waals surface area (Å²) in [6, 6.07) is 36.3.